The van der Waals surface area contributed by atoms with Gasteiger partial charge in [-0.1, -0.05) is 0 Å². The molecule has 0 atom stereocenters. The largest absolute Gasteiger partial charge is 0.474 e. The summed E-state index contributed by atoms with van der Waals surface area (Å²) in [5.41, 5.74) is 1.17. The summed E-state index contributed by atoms with van der Waals surface area (Å²) in [5, 5.41) is 3.35. The van der Waals surface area contributed by atoms with Crippen molar-refractivity contribution in [2.45, 2.75) is 31.9 Å². The molecule has 0 amide bonds. The SMILES string of the molecule is CN1CCN=C1NCc1ccnc(OC2CCC2)c1. The highest BCUT2D eigenvalue weighted by Crippen LogP contribution is 2.24. The lowest BCUT2D eigenvalue weighted by Gasteiger charge is -2.25. The number of aliphatic imine (C=N–C) groups is 1. The highest BCUT2D eigenvalue weighted by Gasteiger charge is 2.19. The second kappa shape index (κ2) is 5.47. The Kier molecular flexibility index (Phi) is 3.53. The van der Waals surface area contributed by atoms with Crippen LogP contribution in [0.4, 0.5) is 0 Å². The lowest BCUT2D eigenvalue weighted by Crippen LogP contribution is -2.35. The lowest BCUT2D eigenvalue weighted by atomic mass is 9.96. The van der Waals surface area contributed by atoms with Crippen LogP contribution in [0, 0.1) is 0 Å². The summed E-state index contributed by atoms with van der Waals surface area (Å²) >= 11 is 0. The average Bonchev–Trinajstić information content (AvgIpc) is 2.78. The van der Waals surface area contributed by atoms with E-state index in [9.17, 15) is 0 Å². The van der Waals surface area contributed by atoms with Crippen LogP contribution in [0.3, 0.4) is 0 Å². The lowest BCUT2D eigenvalue weighted by molar-refractivity contribution is 0.114. The van der Waals surface area contributed by atoms with E-state index in [2.05, 4.69) is 27.2 Å². The van der Waals surface area contributed by atoms with Gasteiger partial charge in [-0.3, -0.25) is 4.99 Å². The molecule has 0 unspecified atom stereocenters. The molecule has 2 aliphatic rings. The molecule has 1 aromatic rings. The van der Waals surface area contributed by atoms with Crippen LogP contribution < -0.4 is 10.1 Å². The summed E-state index contributed by atoms with van der Waals surface area (Å²) in [6, 6.07) is 4.02. The van der Waals surface area contributed by atoms with Crippen molar-refractivity contribution in [3.05, 3.63) is 23.9 Å². The number of hydrogen-bond acceptors (Lipinski definition) is 5. The minimum atomic E-state index is 0.376. The van der Waals surface area contributed by atoms with E-state index in [-0.39, 0.29) is 0 Å². The van der Waals surface area contributed by atoms with Crippen LogP contribution >= 0.6 is 0 Å². The van der Waals surface area contributed by atoms with Crippen LogP contribution in [-0.2, 0) is 6.54 Å². The highest BCUT2D eigenvalue weighted by molar-refractivity contribution is 5.81. The summed E-state index contributed by atoms with van der Waals surface area (Å²) in [7, 11) is 2.05. The summed E-state index contributed by atoms with van der Waals surface area (Å²) < 4.78 is 5.80. The number of hydrogen-bond donors (Lipinski definition) is 1. The molecule has 1 N–H and O–H groups in total. The van der Waals surface area contributed by atoms with E-state index in [1.54, 1.807) is 0 Å². The van der Waals surface area contributed by atoms with Gasteiger partial charge in [0.25, 0.3) is 0 Å². The van der Waals surface area contributed by atoms with Gasteiger partial charge < -0.3 is 15.0 Å². The molecule has 1 aliphatic carbocycles. The zero-order chi connectivity index (χ0) is 13.1. The number of likely N-dealkylation sites (N-methyl/N-ethyl adjacent to an activating group) is 1. The van der Waals surface area contributed by atoms with Crippen LogP contribution in [-0.4, -0.2) is 42.1 Å². The maximum atomic E-state index is 5.80. The van der Waals surface area contributed by atoms with Crippen LogP contribution in [0.5, 0.6) is 5.88 Å². The molecule has 1 saturated carbocycles. The minimum absolute atomic E-state index is 0.376. The van der Waals surface area contributed by atoms with Crippen LogP contribution in [0.15, 0.2) is 23.3 Å². The quantitative estimate of drug-likeness (QED) is 0.889. The van der Waals surface area contributed by atoms with Gasteiger partial charge >= 0.3 is 0 Å². The third-order valence-electron chi connectivity index (χ3n) is 3.65. The third-order valence-corrected chi connectivity index (χ3v) is 3.65. The van der Waals surface area contributed by atoms with Gasteiger partial charge in [-0.25, -0.2) is 4.98 Å². The van der Waals surface area contributed by atoms with Crippen molar-refractivity contribution in [2.24, 2.45) is 4.99 Å². The Hall–Kier alpha value is -1.78. The van der Waals surface area contributed by atoms with E-state index in [1.807, 2.05) is 18.3 Å². The number of guanidine groups is 1. The highest BCUT2D eigenvalue weighted by atomic mass is 16.5. The van der Waals surface area contributed by atoms with Crippen LogP contribution in [0.1, 0.15) is 24.8 Å². The molecule has 19 heavy (non-hydrogen) atoms. The molecular formula is C14H20N4O. The topological polar surface area (TPSA) is 49.8 Å². The molecule has 102 valence electrons. The smallest absolute Gasteiger partial charge is 0.213 e. The van der Waals surface area contributed by atoms with Crippen LogP contribution in [0.25, 0.3) is 0 Å². The molecule has 1 aromatic heterocycles. The van der Waals surface area contributed by atoms with Gasteiger partial charge in [-0.2, -0.15) is 0 Å². The molecule has 5 nitrogen and oxygen atoms in total. The van der Waals surface area contributed by atoms with E-state index < -0.39 is 0 Å². The maximum Gasteiger partial charge on any atom is 0.213 e. The van der Waals surface area contributed by atoms with Gasteiger partial charge in [-0.15, -0.1) is 0 Å². The summed E-state index contributed by atoms with van der Waals surface area (Å²) in [5.74, 6) is 1.71. The first-order valence-electron chi connectivity index (χ1n) is 6.92. The van der Waals surface area contributed by atoms with Gasteiger partial charge in [0.05, 0.1) is 6.54 Å². The first-order valence-corrected chi connectivity index (χ1v) is 6.92. The third kappa shape index (κ3) is 2.97. The van der Waals surface area contributed by atoms with Crippen LogP contribution in [0.2, 0.25) is 0 Å². The number of nitrogens with zero attached hydrogens (tertiary/aromatic N) is 3. The second-order valence-electron chi connectivity index (χ2n) is 5.15. The zero-order valence-electron chi connectivity index (χ0n) is 11.3. The Labute approximate surface area is 113 Å². The Morgan fingerprint density at radius 3 is 3.05 bits per heavy atom. The van der Waals surface area contributed by atoms with Gasteiger partial charge in [0, 0.05) is 32.4 Å². The van der Waals surface area contributed by atoms with E-state index in [1.165, 1.54) is 12.0 Å². The van der Waals surface area contributed by atoms with Crippen molar-refractivity contribution in [1.82, 2.24) is 15.2 Å². The van der Waals surface area contributed by atoms with Gasteiger partial charge in [0.1, 0.15) is 6.10 Å². The van der Waals surface area contributed by atoms with Crippen molar-refractivity contribution in [2.75, 3.05) is 20.1 Å². The van der Waals surface area contributed by atoms with Crippen molar-refractivity contribution in [3.63, 3.8) is 0 Å². The average molecular weight is 260 g/mol. The molecule has 0 bridgehead atoms. The fraction of sp³-hybridized carbons (Fsp3) is 0.571. The molecule has 3 rings (SSSR count). The Morgan fingerprint density at radius 2 is 2.37 bits per heavy atom. The Morgan fingerprint density at radius 1 is 1.47 bits per heavy atom. The van der Waals surface area contributed by atoms with Crippen molar-refractivity contribution < 1.29 is 4.74 Å². The molecule has 0 radical (unpaired) electrons. The zero-order valence-corrected chi connectivity index (χ0v) is 11.3. The maximum absolute atomic E-state index is 5.80. The van der Waals surface area contributed by atoms with E-state index in [4.69, 9.17) is 4.74 Å². The molecule has 0 saturated heterocycles. The Bertz CT molecular complexity index is 470. The molecule has 1 aliphatic heterocycles. The Balaban J connectivity index is 1.56. The summed E-state index contributed by atoms with van der Waals surface area (Å²) in [6.07, 6.45) is 5.78. The van der Waals surface area contributed by atoms with E-state index in [0.717, 1.165) is 44.3 Å². The number of nitrogens with one attached hydrogen (secondary N) is 1. The second-order valence-corrected chi connectivity index (χ2v) is 5.15. The first kappa shape index (κ1) is 12.3. The molecule has 2 heterocycles. The fourth-order valence-corrected chi connectivity index (χ4v) is 2.19. The first-order chi connectivity index (χ1) is 9.31. The van der Waals surface area contributed by atoms with Crippen molar-refractivity contribution in [1.29, 1.82) is 0 Å². The van der Waals surface area contributed by atoms with Crippen molar-refractivity contribution in [3.8, 4) is 5.88 Å². The predicted molar refractivity (Wildman–Crippen MR) is 74.3 cm³/mol. The standard InChI is InChI=1S/C14H20N4O/c1-18-8-7-16-14(18)17-10-11-5-6-15-13(9-11)19-12-3-2-4-12/h5-6,9,12H,2-4,7-8,10H2,1H3,(H,16,17). The van der Waals surface area contributed by atoms with Gasteiger partial charge in [-0.05, 0) is 30.9 Å². The van der Waals surface area contributed by atoms with Gasteiger partial charge in [0.15, 0.2) is 5.96 Å². The predicted octanol–water partition coefficient (Wildman–Crippen LogP) is 1.40. The molecule has 5 heteroatoms. The molecular weight excluding hydrogens is 240 g/mol. The normalized spacial score (nSPS) is 19.0. The van der Waals surface area contributed by atoms with E-state index >= 15 is 0 Å². The summed E-state index contributed by atoms with van der Waals surface area (Å²) in [4.78, 5) is 10.8. The van der Waals surface area contributed by atoms with Crippen molar-refractivity contribution >= 4 is 5.96 Å². The number of ether oxygens (including phenoxy) is 1. The molecule has 0 spiro atoms. The molecule has 1 fully saturated rings. The van der Waals surface area contributed by atoms with Gasteiger partial charge in [0.2, 0.25) is 5.88 Å². The number of rotatable bonds is 4. The number of aromatic nitrogens is 1. The number of pyridine rings is 1. The van der Waals surface area contributed by atoms with E-state index in [0.29, 0.717) is 6.10 Å². The fourth-order valence-electron chi connectivity index (χ4n) is 2.19. The summed E-state index contributed by atoms with van der Waals surface area (Å²) in [6.45, 7) is 2.63. The molecule has 0 aromatic carbocycles. The monoisotopic (exact) mass is 260 g/mol. The minimum Gasteiger partial charge on any atom is -0.474 e.